The number of ether oxygens (including phenoxy) is 1. The van der Waals surface area contributed by atoms with E-state index in [9.17, 15) is 14.0 Å². The zero-order chi connectivity index (χ0) is 17.7. The molecular weight excluding hydrogens is 315 g/mol. The molecule has 0 unspecified atom stereocenters. The number of nitrogens with zero attached hydrogens (tertiary/aromatic N) is 3. The molecule has 1 saturated heterocycles. The highest BCUT2D eigenvalue weighted by Gasteiger charge is 2.23. The van der Waals surface area contributed by atoms with Gasteiger partial charge in [-0.3, -0.25) is 4.79 Å². The summed E-state index contributed by atoms with van der Waals surface area (Å²) in [5.41, 5.74) is -0.600. The lowest BCUT2D eigenvalue weighted by atomic mass is 10.2. The predicted molar refractivity (Wildman–Crippen MR) is 87.2 cm³/mol. The van der Waals surface area contributed by atoms with Crippen LogP contribution in [-0.4, -0.2) is 60.2 Å². The Hall–Kier alpha value is -2.38. The van der Waals surface area contributed by atoms with Crippen LogP contribution in [-0.2, 0) is 9.53 Å². The lowest BCUT2D eigenvalue weighted by molar-refractivity contribution is -0.130. The monoisotopic (exact) mass is 338 g/mol. The average Bonchev–Trinajstić information content (AvgIpc) is 2.51. The highest BCUT2D eigenvalue weighted by Crippen LogP contribution is 2.14. The Kier molecular flexibility index (Phi) is 5.58. The molecule has 0 spiro atoms. The van der Waals surface area contributed by atoms with E-state index in [1.54, 1.807) is 37.8 Å². The molecule has 8 heteroatoms. The van der Waals surface area contributed by atoms with Gasteiger partial charge in [-0.25, -0.2) is 9.78 Å². The van der Waals surface area contributed by atoms with E-state index in [4.69, 9.17) is 4.74 Å². The summed E-state index contributed by atoms with van der Waals surface area (Å²) in [6.07, 6.45) is -0.613. The first-order valence-corrected chi connectivity index (χ1v) is 7.87. The lowest BCUT2D eigenvalue weighted by Crippen LogP contribution is -2.51. The van der Waals surface area contributed by atoms with Crippen molar-refractivity contribution in [1.82, 2.24) is 15.2 Å². The number of piperazine rings is 1. The van der Waals surface area contributed by atoms with Crippen LogP contribution in [0.1, 0.15) is 20.8 Å². The molecule has 24 heavy (non-hydrogen) atoms. The Bertz CT molecular complexity index is 595. The van der Waals surface area contributed by atoms with Gasteiger partial charge in [0.25, 0.3) is 0 Å². The van der Waals surface area contributed by atoms with E-state index in [2.05, 4.69) is 10.3 Å². The lowest BCUT2D eigenvalue weighted by Gasteiger charge is -2.35. The molecule has 2 amide bonds. The van der Waals surface area contributed by atoms with Crippen LogP contribution in [0, 0.1) is 5.95 Å². The number of carbonyl (C=O) groups excluding carboxylic acids is 2. The first kappa shape index (κ1) is 18.0. The van der Waals surface area contributed by atoms with Crippen molar-refractivity contribution in [3.63, 3.8) is 0 Å². The number of hydrogen-bond donors (Lipinski definition) is 1. The zero-order valence-electron chi connectivity index (χ0n) is 14.2. The first-order valence-electron chi connectivity index (χ1n) is 7.87. The summed E-state index contributed by atoms with van der Waals surface area (Å²) < 4.78 is 18.3. The SMILES string of the molecule is CC(C)(C)OC(=O)NCC(=O)N1CCN(c2cccc(F)n2)CC1. The Morgan fingerprint density at radius 2 is 1.92 bits per heavy atom. The van der Waals surface area contributed by atoms with Crippen LogP contribution in [0.15, 0.2) is 18.2 Å². The largest absolute Gasteiger partial charge is 0.444 e. The Morgan fingerprint density at radius 3 is 2.50 bits per heavy atom. The van der Waals surface area contributed by atoms with Gasteiger partial charge < -0.3 is 19.9 Å². The van der Waals surface area contributed by atoms with Gasteiger partial charge in [-0.2, -0.15) is 4.39 Å². The summed E-state index contributed by atoms with van der Waals surface area (Å²) in [4.78, 5) is 31.1. The van der Waals surface area contributed by atoms with Crippen molar-refractivity contribution in [3.05, 3.63) is 24.1 Å². The smallest absolute Gasteiger partial charge is 0.408 e. The number of hydrogen-bond acceptors (Lipinski definition) is 5. The first-order chi connectivity index (χ1) is 11.2. The summed E-state index contributed by atoms with van der Waals surface area (Å²) in [5.74, 6) is -0.130. The number of nitrogens with one attached hydrogen (secondary N) is 1. The van der Waals surface area contributed by atoms with E-state index >= 15 is 0 Å². The summed E-state index contributed by atoms with van der Waals surface area (Å²) in [5, 5.41) is 2.46. The molecule has 0 saturated carbocycles. The van der Waals surface area contributed by atoms with Crippen LogP contribution in [0.3, 0.4) is 0 Å². The second kappa shape index (κ2) is 7.46. The normalized spacial score (nSPS) is 15.2. The molecule has 1 aromatic rings. The molecule has 0 bridgehead atoms. The fourth-order valence-corrected chi connectivity index (χ4v) is 2.33. The van der Waals surface area contributed by atoms with Gasteiger partial charge in [-0.1, -0.05) is 6.07 Å². The number of aromatic nitrogens is 1. The van der Waals surface area contributed by atoms with E-state index in [1.165, 1.54) is 6.07 Å². The Morgan fingerprint density at radius 1 is 1.25 bits per heavy atom. The molecule has 0 radical (unpaired) electrons. The van der Waals surface area contributed by atoms with Gasteiger partial charge in [0.15, 0.2) is 0 Å². The number of amides is 2. The molecule has 1 aliphatic heterocycles. The van der Waals surface area contributed by atoms with Gasteiger partial charge in [-0.05, 0) is 32.9 Å². The van der Waals surface area contributed by atoms with Crippen molar-refractivity contribution in [1.29, 1.82) is 0 Å². The van der Waals surface area contributed by atoms with Gasteiger partial charge in [0.05, 0.1) is 0 Å². The van der Waals surface area contributed by atoms with Crippen molar-refractivity contribution in [2.45, 2.75) is 26.4 Å². The second-order valence-corrected chi connectivity index (χ2v) is 6.54. The molecule has 1 aromatic heterocycles. The van der Waals surface area contributed by atoms with E-state index in [-0.39, 0.29) is 12.5 Å². The molecule has 1 aliphatic rings. The minimum Gasteiger partial charge on any atom is -0.444 e. The molecule has 2 heterocycles. The maximum absolute atomic E-state index is 13.2. The van der Waals surface area contributed by atoms with Crippen molar-refractivity contribution in [3.8, 4) is 0 Å². The molecular formula is C16H23FN4O3. The number of anilines is 1. The van der Waals surface area contributed by atoms with Crippen LogP contribution in [0.2, 0.25) is 0 Å². The van der Waals surface area contributed by atoms with E-state index in [0.717, 1.165) is 0 Å². The van der Waals surface area contributed by atoms with Crippen molar-refractivity contribution in [2.24, 2.45) is 0 Å². The minimum absolute atomic E-state index is 0.104. The minimum atomic E-state index is -0.613. The third kappa shape index (κ3) is 5.36. The Labute approximate surface area is 140 Å². The third-order valence-corrected chi connectivity index (χ3v) is 3.44. The molecule has 1 fully saturated rings. The van der Waals surface area contributed by atoms with Crippen LogP contribution >= 0.6 is 0 Å². The van der Waals surface area contributed by atoms with Gasteiger partial charge in [0.1, 0.15) is 18.0 Å². The number of pyridine rings is 1. The molecule has 1 N–H and O–H groups in total. The molecule has 7 nitrogen and oxygen atoms in total. The van der Waals surface area contributed by atoms with Crippen LogP contribution in [0.5, 0.6) is 0 Å². The average molecular weight is 338 g/mol. The predicted octanol–water partition coefficient (Wildman–Crippen LogP) is 1.39. The van der Waals surface area contributed by atoms with Crippen LogP contribution in [0.25, 0.3) is 0 Å². The molecule has 0 atom stereocenters. The van der Waals surface area contributed by atoms with E-state index in [1.807, 2.05) is 4.90 Å². The van der Waals surface area contributed by atoms with Gasteiger partial charge in [0, 0.05) is 26.2 Å². The topological polar surface area (TPSA) is 74.8 Å². The van der Waals surface area contributed by atoms with E-state index < -0.39 is 17.6 Å². The maximum Gasteiger partial charge on any atom is 0.408 e. The highest BCUT2D eigenvalue weighted by atomic mass is 19.1. The van der Waals surface area contributed by atoms with Gasteiger partial charge >= 0.3 is 6.09 Å². The molecule has 132 valence electrons. The standard InChI is InChI=1S/C16H23FN4O3/c1-16(2,3)24-15(23)18-11-14(22)21-9-7-20(8-10-21)13-6-4-5-12(17)19-13/h4-6H,7-11H2,1-3H3,(H,18,23). The zero-order valence-corrected chi connectivity index (χ0v) is 14.2. The highest BCUT2D eigenvalue weighted by molar-refractivity contribution is 5.82. The van der Waals surface area contributed by atoms with Crippen molar-refractivity contribution in [2.75, 3.05) is 37.6 Å². The number of carbonyl (C=O) groups is 2. The molecule has 0 aliphatic carbocycles. The summed E-state index contributed by atoms with van der Waals surface area (Å²) in [6, 6.07) is 4.65. The molecule has 2 rings (SSSR count). The Balaban J connectivity index is 1.77. The summed E-state index contributed by atoms with van der Waals surface area (Å²) in [6.45, 7) is 7.28. The fraction of sp³-hybridized carbons (Fsp3) is 0.562. The number of rotatable bonds is 3. The van der Waals surface area contributed by atoms with Crippen molar-refractivity contribution < 1.29 is 18.7 Å². The van der Waals surface area contributed by atoms with Gasteiger partial charge in [0.2, 0.25) is 11.9 Å². The van der Waals surface area contributed by atoms with Gasteiger partial charge in [-0.15, -0.1) is 0 Å². The van der Waals surface area contributed by atoms with E-state index in [0.29, 0.717) is 32.0 Å². The quantitative estimate of drug-likeness (QED) is 0.843. The summed E-state index contributed by atoms with van der Waals surface area (Å²) >= 11 is 0. The van der Waals surface area contributed by atoms with Crippen LogP contribution < -0.4 is 10.2 Å². The molecule has 0 aromatic carbocycles. The fourth-order valence-electron chi connectivity index (χ4n) is 2.33. The summed E-state index contributed by atoms with van der Waals surface area (Å²) in [7, 11) is 0. The maximum atomic E-state index is 13.2. The second-order valence-electron chi connectivity index (χ2n) is 6.54. The van der Waals surface area contributed by atoms with Crippen molar-refractivity contribution >= 4 is 17.8 Å². The number of halogens is 1. The van der Waals surface area contributed by atoms with Crippen LogP contribution in [0.4, 0.5) is 15.0 Å². The number of alkyl carbamates (subject to hydrolysis) is 1. The third-order valence-electron chi connectivity index (χ3n) is 3.44.